The number of benzene rings is 2. The molecule has 112 valence electrons. The third-order valence-corrected chi connectivity index (χ3v) is 3.56. The molecule has 0 amide bonds. The molecule has 0 heterocycles. The summed E-state index contributed by atoms with van der Waals surface area (Å²) in [5.41, 5.74) is 3.85. The van der Waals surface area contributed by atoms with Crippen LogP contribution in [0.1, 0.15) is 37.5 Å². The predicted molar refractivity (Wildman–Crippen MR) is 88.7 cm³/mol. The lowest BCUT2D eigenvalue weighted by Gasteiger charge is -2.23. The first kappa shape index (κ1) is 15.6. The van der Waals surface area contributed by atoms with Crippen molar-refractivity contribution >= 4 is 0 Å². The van der Waals surface area contributed by atoms with E-state index in [-0.39, 0.29) is 5.41 Å². The molecule has 2 rings (SSSR count). The molecule has 21 heavy (non-hydrogen) atoms. The molecular weight excluding hydrogens is 258 g/mol. The van der Waals surface area contributed by atoms with Crippen LogP contribution in [0.2, 0.25) is 0 Å². The Kier molecular flexibility index (Phi) is 5.03. The highest BCUT2D eigenvalue weighted by Crippen LogP contribution is 2.31. The summed E-state index contributed by atoms with van der Waals surface area (Å²) < 4.78 is 6.11. The molecule has 0 atom stereocenters. The normalized spacial score (nSPS) is 11.4. The van der Waals surface area contributed by atoms with Gasteiger partial charge in [0.2, 0.25) is 0 Å². The minimum atomic E-state index is 0.0844. The van der Waals surface area contributed by atoms with Crippen molar-refractivity contribution in [3.05, 3.63) is 65.2 Å². The van der Waals surface area contributed by atoms with Gasteiger partial charge >= 0.3 is 0 Å². The van der Waals surface area contributed by atoms with Crippen LogP contribution in [0.4, 0.5) is 0 Å². The fourth-order valence-electron chi connectivity index (χ4n) is 2.43. The van der Waals surface area contributed by atoms with Gasteiger partial charge in [-0.1, -0.05) is 63.2 Å². The van der Waals surface area contributed by atoms with Crippen LogP contribution in [-0.4, -0.2) is 7.05 Å². The van der Waals surface area contributed by atoms with Crippen molar-refractivity contribution in [2.45, 2.75) is 39.3 Å². The monoisotopic (exact) mass is 283 g/mol. The molecule has 0 aliphatic rings. The first-order valence-electron chi connectivity index (χ1n) is 7.46. The molecule has 2 aromatic carbocycles. The van der Waals surface area contributed by atoms with Crippen LogP contribution < -0.4 is 10.1 Å². The van der Waals surface area contributed by atoms with Crippen LogP contribution in [0.5, 0.6) is 5.75 Å². The van der Waals surface area contributed by atoms with Crippen LogP contribution >= 0.6 is 0 Å². The Morgan fingerprint density at radius 3 is 2.19 bits per heavy atom. The maximum atomic E-state index is 6.11. The van der Waals surface area contributed by atoms with Crippen molar-refractivity contribution in [3.8, 4) is 5.75 Å². The summed E-state index contributed by atoms with van der Waals surface area (Å²) in [6.07, 6.45) is 0. The number of rotatable bonds is 5. The van der Waals surface area contributed by atoms with Crippen molar-refractivity contribution in [1.29, 1.82) is 0 Å². The van der Waals surface area contributed by atoms with Crippen LogP contribution in [0.15, 0.2) is 48.5 Å². The van der Waals surface area contributed by atoms with Gasteiger partial charge in [-0.15, -0.1) is 0 Å². The molecule has 2 aromatic rings. The van der Waals surface area contributed by atoms with Gasteiger partial charge in [-0.05, 0) is 35.2 Å². The first-order chi connectivity index (χ1) is 10.0. The summed E-state index contributed by atoms with van der Waals surface area (Å²) in [4.78, 5) is 0. The summed E-state index contributed by atoms with van der Waals surface area (Å²) in [5, 5.41) is 3.20. The van der Waals surface area contributed by atoms with Crippen LogP contribution in [0.3, 0.4) is 0 Å². The largest absolute Gasteiger partial charge is 0.489 e. The number of nitrogens with one attached hydrogen (secondary N) is 1. The molecule has 2 nitrogen and oxygen atoms in total. The number of para-hydroxylation sites is 1. The van der Waals surface area contributed by atoms with Gasteiger partial charge in [0.25, 0.3) is 0 Å². The van der Waals surface area contributed by atoms with Gasteiger partial charge < -0.3 is 10.1 Å². The van der Waals surface area contributed by atoms with E-state index in [1.165, 1.54) is 16.7 Å². The minimum absolute atomic E-state index is 0.0844. The molecular formula is C19H25NO. The third-order valence-electron chi connectivity index (χ3n) is 3.56. The lowest BCUT2D eigenvalue weighted by atomic mass is 9.86. The Labute approximate surface area is 128 Å². The van der Waals surface area contributed by atoms with Gasteiger partial charge in [-0.3, -0.25) is 0 Å². The Morgan fingerprint density at radius 1 is 0.905 bits per heavy atom. The zero-order chi connectivity index (χ0) is 15.3. The summed E-state index contributed by atoms with van der Waals surface area (Å²) in [6.45, 7) is 8.10. The van der Waals surface area contributed by atoms with Gasteiger partial charge in [0.1, 0.15) is 12.4 Å². The SMILES string of the molecule is CNCc1ccccc1COc1ccccc1C(C)(C)C. The molecule has 0 aliphatic heterocycles. The van der Waals surface area contributed by atoms with Crippen molar-refractivity contribution in [2.24, 2.45) is 0 Å². The van der Waals surface area contributed by atoms with Crippen LogP contribution in [0.25, 0.3) is 0 Å². The first-order valence-corrected chi connectivity index (χ1v) is 7.46. The molecule has 1 N–H and O–H groups in total. The van der Waals surface area contributed by atoms with Gasteiger partial charge in [-0.25, -0.2) is 0 Å². The molecule has 0 fully saturated rings. The average molecular weight is 283 g/mol. The van der Waals surface area contributed by atoms with E-state index in [4.69, 9.17) is 4.74 Å². The zero-order valence-electron chi connectivity index (χ0n) is 13.4. The van der Waals surface area contributed by atoms with Crippen LogP contribution in [0, 0.1) is 0 Å². The average Bonchev–Trinajstić information content (AvgIpc) is 2.46. The summed E-state index contributed by atoms with van der Waals surface area (Å²) in [7, 11) is 1.96. The smallest absolute Gasteiger partial charge is 0.123 e. The second-order valence-electron chi connectivity index (χ2n) is 6.33. The van der Waals surface area contributed by atoms with E-state index < -0.39 is 0 Å². The summed E-state index contributed by atoms with van der Waals surface area (Å²) in [6, 6.07) is 16.7. The van der Waals surface area contributed by atoms with Gasteiger partial charge in [0.15, 0.2) is 0 Å². The van der Waals surface area contributed by atoms with Crippen molar-refractivity contribution in [3.63, 3.8) is 0 Å². The number of ether oxygens (including phenoxy) is 1. The Balaban J connectivity index is 2.18. The van der Waals surface area contributed by atoms with Crippen molar-refractivity contribution < 1.29 is 4.74 Å². The van der Waals surface area contributed by atoms with Crippen molar-refractivity contribution in [2.75, 3.05) is 7.05 Å². The number of hydrogen-bond acceptors (Lipinski definition) is 2. The van der Waals surface area contributed by atoms with Gasteiger partial charge in [-0.2, -0.15) is 0 Å². The fourth-order valence-corrected chi connectivity index (χ4v) is 2.43. The molecule has 2 heteroatoms. The number of hydrogen-bond donors (Lipinski definition) is 1. The maximum absolute atomic E-state index is 6.11. The molecule has 0 aromatic heterocycles. The quantitative estimate of drug-likeness (QED) is 0.884. The Hall–Kier alpha value is -1.80. The molecule has 0 spiro atoms. The lowest BCUT2D eigenvalue weighted by molar-refractivity contribution is 0.296. The van der Waals surface area contributed by atoms with E-state index in [0.717, 1.165) is 12.3 Å². The van der Waals surface area contributed by atoms with E-state index in [9.17, 15) is 0 Å². The predicted octanol–water partition coefficient (Wildman–Crippen LogP) is 4.28. The van der Waals surface area contributed by atoms with E-state index >= 15 is 0 Å². The van der Waals surface area contributed by atoms with E-state index in [0.29, 0.717) is 6.61 Å². The molecule has 0 saturated carbocycles. The van der Waals surface area contributed by atoms with E-state index in [1.54, 1.807) is 0 Å². The molecule has 0 saturated heterocycles. The standard InChI is InChI=1S/C19H25NO/c1-19(2,3)17-11-7-8-12-18(17)21-14-16-10-6-5-9-15(16)13-20-4/h5-12,20H,13-14H2,1-4H3. The molecule has 0 radical (unpaired) electrons. The third kappa shape index (κ3) is 4.08. The maximum Gasteiger partial charge on any atom is 0.123 e. The second kappa shape index (κ2) is 6.77. The van der Waals surface area contributed by atoms with E-state index in [1.807, 2.05) is 13.1 Å². The lowest BCUT2D eigenvalue weighted by Crippen LogP contribution is -2.14. The topological polar surface area (TPSA) is 21.3 Å². The van der Waals surface area contributed by atoms with Crippen molar-refractivity contribution in [1.82, 2.24) is 5.32 Å². The fraction of sp³-hybridized carbons (Fsp3) is 0.368. The summed E-state index contributed by atoms with van der Waals surface area (Å²) in [5.74, 6) is 0.976. The minimum Gasteiger partial charge on any atom is -0.489 e. The highest BCUT2D eigenvalue weighted by atomic mass is 16.5. The van der Waals surface area contributed by atoms with E-state index in [2.05, 4.69) is 68.6 Å². The molecule has 0 aliphatic carbocycles. The Bertz CT molecular complexity index is 584. The van der Waals surface area contributed by atoms with Crippen LogP contribution in [-0.2, 0) is 18.6 Å². The molecule has 0 unspecified atom stereocenters. The zero-order valence-corrected chi connectivity index (χ0v) is 13.4. The highest BCUT2D eigenvalue weighted by molar-refractivity contribution is 5.38. The van der Waals surface area contributed by atoms with Gasteiger partial charge in [0, 0.05) is 6.54 Å². The van der Waals surface area contributed by atoms with Gasteiger partial charge in [0.05, 0.1) is 0 Å². The second-order valence-corrected chi connectivity index (χ2v) is 6.33. The summed E-state index contributed by atoms with van der Waals surface area (Å²) >= 11 is 0. The molecule has 0 bridgehead atoms. The highest BCUT2D eigenvalue weighted by Gasteiger charge is 2.18. The Morgan fingerprint density at radius 2 is 1.52 bits per heavy atom.